The highest BCUT2D eigenvalue weighted by molar-refractivity contribution is 5.89. The normalized spacial score (nSPS) is 18.0. The zero-order chi connectivity index (χ0) is 22.4. The Morgan fingerprint density at radius 2 is 1.77 bits per heavy atom. The van der Waals surface area contributed by atoms with Crippen molar-refractivity contribution in [3.05, 3.63) is 35.4 Å². The first-order valence-corrected chi connectivity index (χ1v) is 10.8. The number of piperidine rings is 1. The molecule has 170 valence electrons. The van der Waals surface area contributed by atoms with Crippen LogP contribution in [0.25, 0.3) is 0 Å². The zero-order valence-corrected chi connectivity index (χ0v) is 18.8. The average Bonchev–Trinajstić information content (AvgIpc) is 2.87. The second kappa shape index (κ2) is 10.2. The lowest BCUT2D eigenvalue weighted by Crippen LogP contribution is -2.53. The van der Waals surface area contributed by atoms with Crippen molar-refractivity contribution < 1.29 is 23.9 Å². The maximum Gasteiger partial charge on any atom is 0.248 e. The number of amides is 3. The summed E-state index contributed by atoms with van der Waals surface area (Å²) in [6.07, 6.45) is 1.80. The summed E-state index contributed by atoms with van der Waals surface area (Å²) in [5.74, 6) is -0.141. The molecule has 3 rings (SSSR count). The first kappa shape index (κ1) is 23.2. The van der Waals surface area contributed by atoms with E-state index in [0.29, 0.717) is 52.1 Å². The molecule has 0 atom stereocenters. The van der Waals surface area contributed by atoms with Gasteiger partial charge >= 0.3 is 0 Å². The fourth-order valence-corrected chi connectivity index (χ4v) is 4.34. The molecular formula is C23H33N3O5. The van der Waals surface area contributed by atoms with Gasteiger partial charge < -0.3 is 24.2 Å². The second-order valence-corrected chi connectivity index (χ2v) is 8.60. The number of methoxy groups -OCH3 is 1. The Morgan fingerprint density at radius 1 is 1.10 bits per heavy atom. The number of likely N-dealkylation sites (tertiary alicyclic amines) is 1. The Hall–Kier alpha value is -2.45. The summed E-state index contributed by atoms with van der Waals surface area (Å²) >= 11 is 0. The molecule has 0 unspecified atom stereocenters. The van der Waals surface area contributed by atoms with Crippen molar-refractivity contribution in [1.29, 1.82) is 0 Å². The molecule has 31 heavy (non-hydrogen) atoms. The van der Waals surface area contributed by atoms with Crippen LogP contribution in [0.2, 0.25) is 0 Å². The molecule has 2 aliphatic rings. The third-order valence-electron chi connectivity index (χ3n) is 6.30. The van der Waals surface area contributed by atoms with Crippen LogP contribution in [-0.2, 0) is 36.8 Å². The standard InChI is InChI=1S/C23H33N3O5/c1-24(2)20(27)16-26-15-19-7-5-4-6-18(19)14-23(22(26)29)8-10-25(11-9-23)21(28)17-31-13-12-30-3/h4-7H,8-17H2,1-3H3. The lowest BCUT2D eigenvalue weighted by atomic mass is 9.73. The van der Waals surface area contributed by atoms with Gasteiger partial charge in [0.25, 0.3) is 0 Å². The first-order chi connectivity index (χ1) is 14.9. The van der Waals surface area contributed by atoms with Crippen LogP contribution in [0, 0.1) is 5.41 Å². The maximum atomic E-state index is 13.7. The molecule has 1 spiro atoms. The van der Waals surface area contributed by atoms with Gasteiger partial charge in [0.2, 0.25) is 17.7 Å². The smallest absolute Gasteiger partial charge is 0.248 e. The summed E-state index contributed by atoms with van der Waals surface area (Å²) in [5.41, 5.74) is 1.65. The monoisotopic (exact) mass is 431 g/mol. The maximum absolute atomic E-state index is 13.7. The first-order valence-electron chi connectivity index (χ1n) is 10.8. The van der Waals surface area contributed by atoms with Crippen molar-refractivity contribution in [3.8, 4) is 0 Å². The van der Waals surface area contributed by atoms with Gasteiger partial charge in [-0.2, -0.15) is 0 Å². The number of hydrogen-bond donors (Lipinski definition) is 0. The summed E-state index contributed by atoms with van der Waals surface area (Å²) in [6, 6.07) is 8.07. The van der Waals surface area contributed by atoms with E-state index in [1.54, 1.807) is 31.0 Å². The van der Waals surface area contributed by atoms with E-state index in [4.69, 9.17) is 9.47 Å². The number of rotatable bonds is 7. The van der Waals surface area contributed by atoms with Crippen molar-refractivity contribution in [1.82, 2.24) is 14.7 Å². The molecule has 1 aromatic rings. The molecular weight excluding hydrogens is 398 g/mol. The highest BCUT2D eigenvalue weighted by Crippen LogP contribution is 2.40. The number of carbonyl (C=O) groups is 3. The van der Waals surface area contributed by atoms with Gasteiger partial charge in [-0.05, 0) is 30.4 Å². The van der Waals surface area contributed by atoms with Crippen LogP contribution in [-0.4, -0.2) is 93.1 Å². The van der Waals surface area contributed by atoms with Crippen LogP contribution in [0.5, 0.6) is 0 Å². The van der Waals surface area contributed by atoms with Crippen LogP contribution in [0.15, 0.2) is 24.3 Å². The molecule has 0 aliphatic carbocycles. The number of nitrogens with zero attached hydrogens (tertiary/aromatic N) is 3. The van der Waals surface area contributed by atoms with Gasteiger partial charge in [0.1, 0.15) is 13.2 Å². The molecule has 2 aliphatic heterocycles. The lowest BCUT2D eigenvalue weighted by Gasteiger charge is -2.42. The van der Waals surface area contributed by atoms with Crippen molar-refractivity contribution in [2.75, 3.05) is 60.7 Å². The van der Waals surface area contributed by atoms with Crippen LogP contribution in [0.3, 0.4) is 0 Å². The highest BCUT2D eigenvalue weighted by atomic mass is 16.5. The largest absolute Gasteiger partial charge is 0.382 e. The molecule has 3 amide bonds. The SMILES string of the molecule is COCCOCC(=O)N1CCC2(CC1)Cc1ccccc1CN(CC(=O)N(C)C)C2=O. The predicted octanol–water partition coefficient (Wildman–Crippen LogP) is 0.931. The van der Waals surface area contributed by atoms with Crippen LogP contribution in [0.4, 0.5) is 0 Å². The van der Waals surface area contributed by atoms with Gasteiger partial charge in [0, 0.05) is 40.8 Å². The predicted molar refractivity (Wildman–Crippen MR) is 115 cm³/mol. The van der Waals surface area contributed by atoms with Gasteiger partial charge in [-0.1, -0.05) is 24.3 Å². The minimum absolute atomic E-state index is 0.0161. The van der Waals surface area contributed by atoms with Crippen LogP contribution in [0.1, 0.15) is 24.0 Å². The number of likely N-dealkylation sites (N-methyl/N-ethyl adjacent to an activating group) is 1. The number of fused-ring (bicyclic) bond motifs is 1. The van der Waals surface area contributed by atoms with E-state index in [9.17, 15) is 14.4 Å². The van der Waals surface area contributed by atoms with Crippen molar-refractivity contribution in [3.63, 3.8) is 0 Å². The molecule has 1 fully saturated rings. The number of hydrogen-bond acceptors (Lipinski definition) is 5. The molecule has 0 bridgehead atoms. The topological polar surface area (TPSA) is 79.4 Å². The van der Waals surface area contributed by atoms with E-state index in [2.05, 4.69) is 6.07 Å². The Morgan fingerprint density at radius 3 is 2.42 bits per heavy atom. The Bertz CT molecular complexity index is 802. The van der Waals surface area contributed by atoms with E-state index in [-0.39, 0.29) is 30.9 Å². The van der Waals surface area contributed by atoms with Crippen molar-refractivity contribution in [2.24, 2.45) is 5.41 Å². The number of benzene rings is 1. The molecule has 8 nitrogen and oxygen atoms in total. The van der Waals surface area contributed by atoms with Gasteiger partial charge in [-0.15, -0.1) is 0 Å². The van der Waals surface area contributed by atoms with Gasteiger partial charge in [0.15, 0.2) is 0 Å². The summed E-state index contributed by atoms with van der Waals surface area (Å²) in [7, 11) is 4.99. The molecule has 1 aromatic carbocycles. The highest BCUT2D eigenvalue weighted by Gasteiger charge is 2.46. The molecule has 1 saturated heterocycles. The summed E-state index contributed by atoms with van der Waals surface area (Å²) in [4.78, 5) is 43.5. The summed E-state index contributed by atoms with van der Waals surface area (Å²) in [6.45, 7) is 2.38. The third-order valence-corrected chi connectivity index (χ3v) is 6.30. The van der Waals surface area contributed by atoms with Gasteiger partial charge in [-0.25, -0.2) is 0 Å². The minimum Gasteiger partial charge on any atom is -0.382 e. The molecule has 0 saturated carbocycles. The summed E-state index contributed by atoms with van der Waals surface area (Å²) < 4.78 is 10.3. The number of ether oxygens (including phenoxy) is 2. The molecule has 0 radical (unpaired) electrons. The van der Waals surface area contributed by atoms with Crippen molar-refractivity contribution in [2.45, 2.75) is 25.8 Å². The Labute approximate surface area is 184 Å². The quantitative estimate of drug-likeness (QED) is 0.600. The van der Waals surface area contributed by atoms with Crippen LogP contribution >= 0.6 is 0 Å². The Balaban J connectivity index is 1.74. The minimum atomic E-state index is -0.590. The zero-order valence-electron chi connectivity index (χ0n) is 18.8. The van der Waals surface area contributed by atoms with Crippen LogP contribution < -0.4 is 0 Å². The third kappa shape index (κ3) is 5.43. The van der Waals surface area contributed by atoms with E-state index in [1.807, 2.05) is 18.2 Å². The average molecular weight is 432 g/mol. The van der Waals surface area contributed by atoms with Crippen molar-refractivity contribution >= 4 is 17.7 Å². The second-order valence-electron chi connectivity index (χ2n) is 8.60. The fourth-order valence-electron chi connectivity index (χ4n) is 4.34. The van der Waals surface area contributed by atoms with E-state index < -0.39 is 5.41 Å². The van der Waals surface area contributed by atoms with E-state index in [0.717, 1.165) is 11.1 Å². The lowest BCUT2D eigenvalue weighted by molar-refractivity contribution is -0.152. The Kier molecular flexibility index (Phi) is 7.67. The molecule has 2 heterocycles. The van der Waals surface area contributed by atoms with Gasteiger partial charge in [-0.3, -0.25) is 14.4 Å². The van der Waals surface area contributed by atoms with E-state index >= 15 is 0 Å². The molecule has 8 heteroatoms. The number of carbonyl (C=O) groups excluding carboxylic acids is 3. The van der Waals surface area contributed by atoms with Gasteiger partial charge in [0.05, 0.1) is 18.6 Å². The fraction of sp³-hybridized carbons (Fsp3) is 0.609. The van der Waals surface area contributed by atoms with E-state index in [1.165, 1.54) is 4.90 Å². The summed E-state index contributed by atoms with van der Waals surface area (Å²) in [5, 5.41) is 0. The molecule has 0 aromatic heterocycles. The molecule has 0 N–H and O–H groups in total.